The molecule has 1 amide bonds. The summed E-state index contributed by atoms with van der Waals surface area (Å²) in [4.78, 5) is 11.0. The van der Waals surface area contributed by atoms with Gasteiger partial charge in [0.1, 0.15) is 0 Å². The number of primary amides is 1. The molecule has 0 atom stereocenters. The van der Waals surface area contributed by atoms with Gasteiger partial charge in [0.05, 0.1) is 30.0 Å². The Morgan fingerprint density at radius 1 is 1.53 bits per heavy atom. The molecule has 2 rings (SSSR count). The summed E-state index contributed by atoms with van der Waals surface area (Å²) >= 11 is 5.97. The van der Waals surface area contributed by atoms with E-state index in [2.05, 4.69) is 5.32 Å². The second-order valence-electron chi connectivity index (χ2n) is 3.44. The average molecular weight is 227 g/mol. The zero-order valence-corrected chi connectivity index (χ0v) is 8.75. The van der Waals surface area contributed by atoms with Crippen LogP contribution in [0.1, 0.15) is 10.4 Å². The molecule has 80 valence electrons. The summed E-state index contributed by atoms with van der Waals surface area (Å²) in [6.45, 7) is 1.33. The van der Waals surface area contributed by atoms with E-state index in [-0.39, 0.29) is 6.04 Å². The van der Waals surface area contributed by atoms with E-state index in [1.165, 1.54) is 0 Å². The normalized spacial score (nSPS) is 15.8. The lowest BCUT2D eigenvalue weighted by Crippen LogP contribution is -2.40. The van der Waals surface area contributed by atoms with E-state index >= 15 is 0 Å². The van der Waals surface area contributed by atoms with Crippen LogP contribution in [0, 0.1) is 0 Å². The van der Waals surface area contributed by atoms with Crippen LogP contribution in [0.5, 0.6) is 0 Å². The predicted octanol–water partition coefficient (Wildman–Crippen LogP) is 1.25. The number of hydrogen-bond acceptors (Lipinski definition) is 3. The minimum absolute atomic E-state index is 0.269. The van der Waals surface area contributed by atoms with Crippen molar-refractivity contribution in [1.29, 1.82) is 0 Å². The van der Waals surface area contributed by atoms with E-state index in [0.717, 1.165) is 5.69 Å². The Hall–Kier alpha value is -1.26. The number of hydrogen-bond donors (Lipinski definition) is 2. The van der Waals surface area contributed by atoms with Crippen molar-refractivity contribution in [2.24, 2.45) is 5.73 Å². The molecule has 1 fully saturated rings. The second kappa shape index (κ2) is 4.08. The zero-order valence-electron chi connectivity index (χ0n) is 8.00. The first-order valence-electron chi connectivity index (χ1n) is 4.60. The van der Waals surface area contributed by atoms with Gasteiger partial charge in [-0.05, 0) is 18.2 Å². The topological polar surface area (TPSA) is 64.4 Å². The fourth-order valence-corrected chi connectivity index (χ4v) is 1.50. The SMILES string of the molecule is NC(=O)c1ccc(Cl)c(NC2COC2)c1. The highest BCUT2D eigenvalue weighted by atomic mass is 35.5. The van der Waals surface area contributed by atoms with E-state index in [1.807, 2.05) is 0 Å². The maximum absolute atomic E-state index is 11.0. The van der Waals surface area contributed by atoms with Crippen LogP contribution in [0.25, 0.3) is 0 Å². The van der Waals surface area contributed by atoms with Gasteiger partial charge in [0.15, 0.2) is 0 Å². The number of benzene rings is 1. The second-order valence-corrected chi connectivity index (χ2v) is 3.84. The summed E-state index contributed by atoms with van der Waals surface area (Å²) < 4.78 is 5.03. The van der Waals surface area contributed by atoms with Gasteiger partial charge in [0.25, 0.3) is 0 Å². The molecule has 1 aromatic rings. The Bertz CT molecular complexity index is 391. The summed E-state index contributed by atoms with van der Waals surface area (Å²) in [5, 5.41) is 3.75. The Morgan fingerprint density at radius 2 is 2.27 bits per heavy atom. The third-order valence-electron chi connectivity index (χ3n) is 2.25. The molecule has 1 aliphatic rings. The molecule has 1 aromatic carbocycles. The van der Waals surface area contributed by atoms with Crippen molar-refractivity contribution in [3.8, 4) is 0 Å². The van der Waals surface area contributed by atoms with E-state index in [1.54, 1.807) is 18.2 Å². The highest BCUT2D eigenvalue weighted by molar-refractivity contribution is 6.33. The summed E-state index contributed by atoms with van der Waals surface area (Å²) in [5.74, 6) is -0.459. The van der Waals surface area contributed by atoms with Crippen molar-refractivity contribution in [3.63, 3.8) is 0 Å². The van der Waals surface area contributed by atoms with E-state index in [9.17, 15) is 4.79 Å². The van der Waals surface area contributed by atoms with Crippen LogP contribution in [0.4, 0.5) is 5.69 Å². The third kappa shape index (κ3) is 2.22. The summed E-state index contributed by atoms with van der Waals surface area (Å²) in [7, 11) is 0. The lowest BCUT2D eigenvalue weighted by molar-refractivity contribution is 0.0211. The molecule has 0 aromatic heterocycles. The van der Waals surface area contributed by atoms with Gasteiger partial charge < -0.3 is 15.8 Å². The summed E-state index contributed by atoms with van der Waals surface area (Å²) in [6, 6.07) is 5.19. The number of anilines is 1. The van der Waals surface area contributed by atoms with Crippen LogP contribution < -0.4 is 11.1 Å². The van der Waals surface area contributed by atoms with Crippen LogP contribution >= 0.6 is 11.6 Å². The first-order chi connectivity index (χ1) is 7.16. The lowest BCUT2D eigenvalue weighted by Gasteiger charge is -2.28. The van der Waals surface area contributed by atoms with Gasteiger partial charge in [-0.25, -0.2) is 0 Å². The number of carbonyl (C=O) groups excluding carboxylic acids is 1. The van der Waals surface area contributed by atoms with Gasteiger partial charge in [-0.1, -0.05) is 11.6 Å². The minimum Gasteiger partial charge on any atom is -0.377 e. The first-order valence-corrected chi connectivity index (χ1v) is 4.98. The average Bonchev–Trinajstić information content (AvgIpc) is 2.13. The lowest BCUT2D eigenvalue weighted by atomic mass is 10.1. The number of nitrogens with one attached hydrogen (secondary N) is 1. The smallest absolute Gasteiger partial charge is 0.248 e. The van der Waals surface area contributed by atoms with Gasteiger partial charge in [-0.3, -0.25) is 4.79 Å². The standard InChI is InChI=1S/C10H11ClN2O2/c11-8-2-1-6(10(12)14)3-9(8)13-7-4-15-5-7/h1-3,7,13H,4-5H2,(H2,12,14). The molecule has 0 spiro atoms. The number of amides is 1. The van der Waals surface area contributed by atoms with Crippen LogP contribution in [-0.4, -0.2) is 25.2 Å². The highest BCUT2D eigenvalue weighted by Crippen LogP contribution is 2.24. The molecule has 1 heterocycles. The molecule has 1 saturated heterocycles. The Balaban J connectivity index is 2.19. The number of nitrogens with two attached hydrogens (primary N) is 1. The number of carbonyl (C=O) groups is 1. The minimum atomic E-state index is -0.459. The Morgan fingerprint density at radius 3 is 2.80 bits per heavy atom. The number of halogens is 1. The van der Waals surface area contributed by atoms with E-state index < -0.39 is 5.91 Å². The van der Waals surface area contributed by atoms with Gasteiger partial charge in [0, 0.05) is 5.56 Å². The highest BCUT2D eigenvalue weighted by Gasteiger charge is 2.19. The van der Waals surface area contributed by atoms with Gasteiger partial charge in [-0.2, -0.15) is 0 Å². The molecule has 0 aliphatic carbocycles. The number of ether oxygens (including phenoxy) is 1. The summed E-state index contributed by atoms with van der Waals surface area (Å²) in [5.41, 5.74) is 6.35. The molecule has 3 N–H and O–H groups in total. The zero-order chi connectivity index (χ0) is 10.8. The van der Waals surface area contributed by atoms with Crippen molar-refractivity contribution in [2.75, 3.05) is 18.5 Å². The third-order valence-corrected chi connectivity index (χ3v) is 2.58. The molecule has 0 unspecified atom stereocenters. The summed E-state index contributed by atoms with van der Waals surface area (Å²) in [6.07, 6.45) is 0. The largest absolute Gasteiger partial charge is 0.377 e. The Labute approximate surface area is 92.4 Å². The molecule has 0 radical (unpaired) electrons. The molecule has 0 bridgehead atoms. The molecule has 15 heavy (non-hydrogen) atoms. The van der Waals surface area contributed by atoms with Crippen LogP contribution in [0.3, 0.4) is 0 Å². The van der Waals surface area contributed by atoms with Gasteiger partial charge in [0.2, 0.25) is 5.91 Å². The molecule has 0 saturated carbocycles. The predicted molar refractivity (Wildman–Crippen MR) is 58.2 cm³/mol. The van der Waals surface area contributed by atoms with Crippen molar-refractivity contribution in [3.05, 3.63) is 28.8 Å². The van der Waals surface area contributed by atoms with Crippen molar-refractivity contribution in [1.82, 2.24) is 0 Å². The molecule has 5 heteroatoms. The van der Waals surface area contributed by atoms with Crippen molar-refractivity contribution in [2.45, 2.75) is 6.04 Å². The van der Waals surface area contributed by atoms with Crippen LogP contribution in [-0.2, 0) is 4.74 Å². The monoisotopic (exact) mass is 226 g/mol. The van der Waals surface area contributed by atoms with Gasteiger partial charge in [-0.15, -0.1) is 0 Å². The van der Waals surface area contributed by atoms with Crippen molar-refractivity contribution < 1.29 is 9.53 Å². The maximum atomic E-state index is 11.0. The van der Waals surface area contributed by atoms with E-state index in [4.69, 9.17) is 22.1 Å². The first kappa shape index (κ1) is 10.3. The van der Waals surface area contributed by atoms with E-state index in [0.29, 0.717) is 23.8 Å². The molecular weight excluding hydrogens is 216 g/mol. The van der Waals surface area contributed by atoms with Crippen LogP contribution in [0.2, 0.25) is 5.02 Å². The molecular formula is C10H11ClN2O2. The quantitative estimate of drug-likeness (QED) is 0.815. The Kier molecular flexibility index (Phi) is 2.79. The van der Waals surface area contributed by atoms with Crippen LogP contribution in [0.15, 0.2) is 18.2 Å². The molecule has 4 nitrogen and oxygen atoms in total. The molecule has 1 aliphatic heterocycles. The maximum Gasteiger partial charge on any atom is 0.248 e. The fourth-order valence-electron chi connectivity index (χ4n) is 1.33. The van der Waals surface area contributed by atoms with Gasteiger partial charge >= 0.3 is 0 Å². The fraction of sp³-hybridized carbons (Fsp3) is 0.300. The number of rotatable bonds is 3. The van der Waals surface area contributed by atoms with Crippen molar-refractivity contribution >= 4 is 23.2 Å².